The molecule has 0 saturated heterocycles. The smallest absolute Gasteiger partial charge is 0.0142 e. The van der Waals surface area contributed by atoms with Gasteiger partial charge in [0.05, 0.1) is 0 Å². The van der Waals surface area contributed by atoms with Gasteiger partial charge in [-0.05, 0) is 31.1 Å². The van der Waals surface area contributed by atoms with Gasteiger partial charge in [-0.2, -0.15) is 0 Å². The number of thioether (sulfide) groups is 1. The first-order chi connectivity index (χ1) is 4.66. The SMILES string of the molecule is C=C(C)C=CC(C)=CSC. The van der Waals surface area contributed by atoms with Crippen LogP contribution >= 0.6 is 11.8 Å². The molecule has 0 spiro atoms. The molecule has 56 valence electrons. The third-order valence-corrected chi connectivity index (χ3v) is 1.54. The first kappa shape index (κ1) is 9.57. The number of rotatable bonds is 3. The van der Waals surface area contributed by atoms with Gasteiger partial charge in [0, 0.05) is 0 Å². The average molecular weight is 154 g/mol. The van der Waals surface area contributed by atoms with Crippen LogP contribution in [0.3, 0.4) is 0 Å². The van der Waals surface area contributed by atoms with E-state index in [9.17, 15) is 0 Å². The van der Waals surface area contributed by atoms with Crippen molar-refractivity contribution in [2.45, 2.75) is 13.8 Å². The molecule has 0 radical (unpaired) electrons. The third-order valence-electron chi connectivity index (χ3n) is 0.934. The van der Waals surface area contributed by atoms with Crippen LogP contribution in [-0.4, -0.2) is 6.26 Å². The van der Waals surface area contributed by atoms with Gasteiger partial charge in [0.1, 0.15) is 0 Å². The zero-order valence-electron chi connectivity index (χ0n) is 6.85. The van der Waals surface area contributed by atoms with Crippen molar-refractivity contribution in [1.82, 2.24) is 0 Å². The second-order valence-electron chi connectivity index (χ2n) is 2.28. The third kappa shape index (κ3) is 5.70. The molecule has 0 bridgehead atoms. The van der Waals surface area contributed by atoms with Crippen LogP contribution in [0, 0.1) is 0 Å². The molecule has 0 aromatic carbocycles. The molecule has 0 aliphatic rings. The fourth-order valence-corrected chi connectivity index (χ4v) is 0.949. The van der Waals surface area contributed by atoms with E-state index in [4.69, 9.17) is 0 Å². The van der Waals surface area contributed by atoms with Gasteiger partial charge >= 0.3 is 0 Å². The van der Waals surface area contributed by atoms with Gasteiger partial charge in [-0.25, -0.2) is 0 Å². The molecule has 0 nitrogen and oxygen atoms in total. The van der Waals surface area contributed by atoms with Crippen molar-refractivity contribution >= 4 is 11.8 Å². The Morgan fingerprint density at radius 3 is 2.30 bits per heavy atom. The molecule has 10 heavy (non-hydrogen) atoms. The minimum Gasteiger partial charge on any atom is -0.137 e. The van der Waals surface area contributed by atoms with E-state index in [-0.39, 0.29) is 0 Å². The van der Waals surface area contributed by atoms with E-state index in [1.165, 1.54) is 5.57 Å². The second kappa shape index (κ2) is 5.36. The van der Waals surface area contributed by atoms with Gasteiger partial charge < -0.3 is 0 Å². The van der Waals surface area contributed by atoms with Crippen LogP contribution in [0.25, 0.3) is 0 Å². The number of hydrogen-bond donors (Lipinski definition) is 0. The van der Waals surface area contributed by atoms with E-state index in [0.29, 0.717) is 0 Å². The zero-order valence-corrected chi connectivity index (χ0v) is 7.66. The van der Waals surface area contributed by atoms with E-state index in [1.54, 1.807) is 11.8 Å². The first-order valence-corrected chi connectivity index (χ1v) is 4.48. The van der Waals surface area contributed by atoms with Crippen molar-refractivity contribution in [3.05, 3.63) is 35.3 Å². The highest BCUT2D eigenvalue weighted by atomic mass is 32.2. The lowest BCUT2D eigenvalue weighted by Crippen LogP contribution is -1.66. The van der Waals surface area contributed by atoms with Crippen molar-refractivity contribution in [2.75, 3.05) is 6.26 Å². The Morgan fingerprint density at radius 2 is 1.90 bits per heavy atom. The summed E-state index contributed by atoms with van der Waals surface area (Å²) in [6, 6.07) is 0. The Labute approximate surface area is 67.7 Å². The van der Waals surface area contributed by atoms with Crippen LogP contribution in [0.4, 0.5) is 0 Å². The largest absolute Gasteiger partial charge is 0.137 e. The molecule has 0 unspecified atom stereocenters. The molecular weight excluding hydrogens is 140 g/mol. The summed E-state index contributed by atoms with van der Waals surface area (Å²) >= 11 is 1.72. The molecule has 0 aromatic heterocycles. The molecule has 0 fully saturated rings. The van der Waals surface area contributed by atoms with Gasteiger partial charge in [0.2, 0.25) is 0 Å². The Hall–Kier alpha value is -0.430. The summed E-state index contributed by atoms with van der Waals surface area (Å²) in [6.45, 7) is 7.83. The zero-order chi connectivity index (χ0) is 7.98. The van der Waals surface area contributed by atoms with Gasteiger partial charge in [-0.1, -0.05) is 24.3 Å². The molecule has 0 N–H and O–H groups in total. The second-order valence-corrected chi connectivity index (χ2v) is 2.98. The fourth-order valence-electron chi connectivity index (χ4n) is 0.499. The molecule has 0 rings (SSSR count). The summed E-state index contributed by atoms with van der Waals surface area (Å²) in [6.07, 6.45) is 6.14. The molecule has 0 heterocycles. The van der Waals surface area contributed by atoms with E-state index in [2.05, 4.69) is 31.2 Å². The van der Waals surface area contributed by atoms with E-state index < -0.39 is 0 Å². The monoisotopic (exact) mass is 154 g/mol. The molecule has 1 heteroatoms. The molecule has 0 atom stereocenters. The Kier molecular flexibility index (Phi) is 5.13. The van der Waals surface area contributed by atoms with Crippen LogP contribution in [0.2, 0.25) is 0 Å². The normalized spacial score (nSPS) is 12.5. The first-order valence-electron chi connectivity index (χ1n) is 3.20. The summed E-state index contributed by atoms with van der Waals surface area (Å²) < 4.78 is 0. The van der Waals surface area contributed by atoms with E-state index in [1.807, 2.05) is 13.0 Å². The van der Waals surface area contributed by atoms with Gasteiger partial charge in [-0.15, -0.1) is 11.8 Å². The van der Waals surface area contributed by atoms with Crippen molar-refractivity contribution in [1.29, 1.82) is 0 Å². The standard InChI is InChI=1S/C9H14S/c1-8(2)5-6-9(3)7-10-4/h5-7H,1H2,2-4H3. The Balaban J connectivity index is 3.89. The topological polar surface area (TPSA) is 0 Å². The van der Waals surface area contributed by atoms with Crippen LogP contribution in [0.5, 0.6) is 0 Å². The maximum absolute atomic E-state index is 3.77. The summed E-state index contributed by atoms with van der Waals surface area (Å²) in [5, 5.41) is 2.11. The lowest BCUT2D eigenvalue weighted by Gasteiger charge is -1.88. The van der Waals surface area contributed by atoms with Gasteiger partial charge in [0.25, 0.3) is 0 Å². The summed E-state index contributed by atoms with van der Waals surface area (Å²) in [4.78, 5) is 0. The average Bonchev–Trinajstić information content (AvgIpc) is 1.85. The molecule has 0 amide bonds. The summed E-state index contributed by atoms with van der Waals surface area (Å²) in [7, 11) is 0. The molecule has 0 aliphatic heterocycles. The van der Waals surface area contributed by atoms with E-state index in [0.717, 1.165) is 5.57 Å². The predicted molar refractivity (Wildman–Crippen MR) is 51.2 cm³/mol. The highest BCUT2D eigenvalue weighted by Gasteiger charge is 1.78. The fraction of sp³-hybridized carbons (Fsp3) is 0.333. The van der Waals surface area contributed by atoms with Gasteiger partial charge in [-0.3, -0.25) is 0 Å². The summed E-state index contributed by atoms with van der Waals surface area (Å²) in [5.74, 6) is 0. The highest BCUT2D eigenvalue weighted by Crippen LogP contribution is 2.04. The molecular formula is C9H14S. The highest BCUT2D eigenvalue weighted by molar-refractivity contribution is 8.01. The molecule has 0 saturated carbocycles. The van der Waals surface area contributed by atoms with E-state index >= 15 is 0 Å². The van der Waals surface area contributed by atoms with Crippen LogP contribution < -0.4 is 0 Å². The summed E-state index contributed by atoms with van der Waals surface area (Å²) in [5.41, 5.74) is 2.37. The Bertz CT molecular complexity index is 164. The van der Waals surface area contributed by atoms with Crippen molar-refractivity contribution in [2.24, 2.45) is 0 Å². The van der Waals surface area contributed by atoms with Crippen molar-refractivity contribution in [3.8, 4) is 0 Å². The molecule has 0 aromatic rings. The quantitative estimate of drug-likeness (QED) is 0.561. The maximum Gasteiger partial charge on any atom is -0.0142 e. The van der Waals surface area contributed by atoms with Gasteiger partial charge in [0.15, 0.2) is 0 Å². The lowest BCUT2D eigenvalue weighted by atomic mass is 10.2. The van der Waals surface area contributed by atoms with Crippen LogP contribution in [0.1, 0.15) is 13.8 Å². The predicted octanol–water partition coefficient (Wildman–Crippen LogP) is 3.39. The maximum atomic E-state index is 3.77. The molecule has 0 aliphatic carbocycles. The van der Waals surface area contributed by atoms with Crippen LogP contribution in [0.15, 0.2) is 35.3 Å². The number of hydrogen-bond acceptors (Lipinski definition) is 1. The minimum atomic E-state index is 1.09. The van der Waals surface area contributed by atoms with Crippen LogP contribution in [-0.2, 0) is 0 Å². The lowest BCUT2D eigenvalue weighted by molar-refractivity contribution is 1.50. The minimum absolute atomic E-state index is 1.09. The number of allylic oxidation sites excluding steroid dienone is 4. The Morgan fingerprint density at radius 1 is 1.30 bits per heavy atom. The van der Waals surface area contributed by atoms with Crippen molar-refractivity contribution < 1.29 is 0 Å². The van der Waals surface area contributed by atoms with Crippen molar-refractivity contribution in [3.63, 3.8) is 0 Å².